The first-order valence-electron chi connectivity index (χ1n) is 4.65. The third kappa shape index (κ3) is 3.75. The molecule has 2 nitrogen and oxygen atoms in total. The maximum atomic E-state index is 5.27. The highest BCUT2D eigenvalue weighted by molar-refractivity contribution is 4.84. The lowest BCUT2D eigenvalue weighted by Gasteiger charge is -2.21. The lowest BCUT2D eigenvalue weighted by atomic mass is 10.0. The second-order valence-electron chi connectivity index (χ2n) is 3.21. The maximum absolute atomic E-state index is 5.27. The maximum Gasteiger partial charge on any atom is 0.0469 e. The summed E-state index contributed by atoms with van der Waals surface area (Å²) in [6, 6.07) is 0. The Bertz CT molecular complexity index is 144. The van der Waals surface area contributed by atoms with Crippen molar-refractivity contribution < 1.29 is 4.74 Å². The molecule has 0 aromatic rings. The summed E-state index contributed by atoms with van der Waals surface area (Å²) in [6.45, 7) is 3.92. The van der Waals surface area contributed by atoms with Crippen molar-refractivity contribution in [3.63, 3.8) is 0 Å². The van der Waals surface area contributed by atoms with Gasteiger partial charge in [-0.1, -0.05) is 0 Å². The van der Waals surface area contributed by atoms with E-state index in [1.54, 1.807) is 0 Å². The zero-order valence-electron chi connectivity index (χ0n) is 7.51. The molecule has 1 saturated heterocycles. The predicted molar refractivity (Wildman–Crippen MR) is 49.9 cm³/mol. The Kier molecular flexibility index (Phi) is 4.82. The van der Waals surface area contributed by atoms with E-state index >= 15 is 0 Å². The third-order valence-corrected chi connectivity index (χ3v) is 2.22. The highest BCUT2D eigenvalue weighted by atomic mass is 16.5. The van der Waals surface area contributed by atoms with E-state index in [0.717, 1.165) is 38.6 Å². The molecule has 0 aliphatic carbocycles. The lowest BCUT2D eigenvalue weighted by Crippen LogP contribution is -2.28. The summed E-state index contributed by atoms with van der Waals surface area (Å²) in [5.41, 5.74) is 0. The van der Waals surface area contributed by atoms with Gasteiger partial charge in [-0.25, -0.2) is 0 Å². The van der Waals surface area contributed by atoms with E-state index in [1.807, 2.05) is 0 Å². The average Bonchev–Trinajstić information content (AvgIpc) is 2.14. The van der Waals surface area contributed by atoms with Gasteiger partial charge in [0, 0.05) is 26.2 Å². The van der Waals surface area contributed by atoms with Crippen molar-refractivity contribution in [1.29, 1.82) is 0 Å². The molecule has 0 bridgehead atoms. The van der Waals surface area contributed by atoms with Gasteiger partial charge in [0.05, 0.1) is 0 Å². The van der Waals surface area contributed by atoms with Crippen LogP contribution in [0.1, 0.15) is 19.3 Å². The molecule has 68 valence electrons. The molecule has 0 radical (unpaired) electrons. The number of ether oxygens (including phenoxy) is 1. The molecule has 0 atom stereocenters. The van der Waals surface area contributed by atoms with E-state index in [4.69, 9.17) is 11.2 Å². The van der Waals surface area contributed by atoms with Crippen molar-refractivity contribution >= 4 is 0 Å². The molecule has 1 N–H and O–H groups in total. The molecule has 1 aliphatic heterocycles. The van der Waals surface area contributed by atoms with Crippen molar-refractivity contribution in [2.45, 2.75) is 19.3 Å². The first-order chi connectivity index (χ1) is 5.93. The minimum atomic E-state index is 0.802. The Hall–Kier alpha value is -0.520. The average molecular weight is 167 g/mol. The van der Waals surface area contributed by atoms with Gasteiger partial charge in [-0.05, 0) is 25.3 Å². The quantitative estimate of drug-likeness (QED) is 0.498. The molecule has 0 unspecified atom stereocenters. The molecule has 1 heterocycles. The van der Waals surface area contributed by atoms with Crippen LogP contribution in [0.3, 0.4) is 0 Å². The summed E-state index contributed by atoms with van der Waals surface area (Å²) in [6.07, 6.45) is 8.37. The predicted octanol–water partition coefficient (Wildman–Crippen LogP) is 1.03. The summed E-state index contributed by atoms with van der Waals surface area (Å²) in [5.74, 6) is 3.42. The minimum absolute atomic E-state index is 0.802. The van der Waals surface area contributed by atoms with Gasteiger partial charge in [0.25, 0.3) is 0 Å². The van der Waals surface area contributed by atoms with Crippen LogP contribution in [0.5, 0.6) is 0 Å². The van der Waals surface area contributed by atoms with Crippen molar-refractivity contribution in [3.05, 3.63) is 0 Å². The number of hydrogen-bond donors (Lipinski definition) is 1. The fraction of sp³-hybridized carbons (Fsp3) is 0.800. The molecule has 0 spiro atoms. The van der Waals surface area contributed by atoms with E-state index in [-0.39, 0.29) is 0 Å². The van der Waals surface area contributed by atoms with Crippen molar-refractivity contribution in [2.75, 3.05) is 26.3 Å². The number of nitrogens with one attached hydrogen (secondary N) is 1. The zero-order chi connectivity index (χ0) is 8.65. The molecule has 1 aliphatic rings. The van der Waals surface area contributed by atoms with Crippen molar-refractivity contribution in [2.24, 2.45) is 5.92 Å². The second-order valence-corrected chi connectivity index (χ2v) is 3.21. The van der Waals surface area contributed by atoms with Gasteiger partial charge in [-0.2, -0.15) is 0 Å². The number of terminal acetylenes is 1. The third-order valence-electron chi connectivity index (χ3n) is 2.22. The van der Waals surface area contributed by atoms with Gasteiger partial charge in [-0.3, -0.25) is 0 Å². The van der Waals surface area contributed by atoms with E-state index < -0.39 is 0 Å². The zero-order valence-corrected chi connectivity index (χ0v) is 7.51. The fourth-order valence-electron chi connectivity index (χ4n) is 1.42. The number of hydrogen-bond acceptors (Lipinski definition) is 2. The molecule has 0 aromatic carbocycles. The highest BCUT2D eigenvalue weighted by Gasteiger charge is 2.12. The van der Waals surface area contributed by atoms with Crippen LogP contribution < -0.4 is 5.32 Å². The largest absolute Gasteiger partial charge is 0.381 e. The standard InChI is InChI=1S/C10H17NO/c1-2-3-6-11-9-10-4-7-12-8-5-10/h1,10-11H,3-9H2. The smallest absolute Gasteiger partial charge is 0.0469 e. The van der Waals surface area contributed by atoms with Gasteiger partial charge >= 0.3 is 0 Å². The molecule has 2 heteroatoms. The Morgan fingerprint density at radius 1 is 1.42 bits per heavy atom. The Morgan fingerprint density at radius 2 is 2.17 bits per heavy atom. The normalized spacial score (nSPS) is 18.9. The van der Waals surface area contributed by atoms with Gasteiger partial charge in [0.2, 0.25) is 0 Å². The molecule has 0 amide bonds. The summed E-state index contributed by atoms with van der Waals surface area (Å²) in [4.78, 5) is 0. The van der Waals surface area contributed by atoms with Crippen LogP contribution in [0.25, 0.3) is 0 Å². The van der Waals surface area contributed by atoms with Gasteiger partial charge in [0.1, 0.15) is 0 Å². The monoisotopic (exact) mass is 167 g/mol. The summed E-state index contributed by atoms with van der Waals surface area (Å²) in [5, 5.41) is 3.36. The van der Waals surface area contributed by atoms with E-state index in [2.05, 4.69) is 11.2 Å². The van der Waals surface area contributed by atoms with Crippen LogP contribution in [0.15, 0.2) is 0 Å². The van der Waals surface area contributed by atoms with Crippen molar-refractivity contribution in [3.8, 4) is 12.3 Å². The lowest BCUT2D eigenvalue weighted by molar-refractivity contribution is 0.0664. The van der Waals surface area contributed by atoms with Gasteiger partial charge in [0.15, 0.2) is 0 Å². The molecule has 1 rings (SSSR count). The van der Waals surface area contributed by atoms with E-state index in [0.29, 0.717) is 0 Å². The van der Waals surface area contributed by atoms with E-state index in [9.17, 15) is 0 Å². The summed E-state index contributed by atoms with van der Waals surface area (Å²) in [7, 11) is 0. The molecule has 12 heavy (non-hydrogen) atoms. The number of rotatable bonds is 4. The molecule has 0 aromatic heterocycles. The van der Waals surface area contributed by atoms with Crippen LogP contribution in [0, 0.1) is 18.3 Å². The second kappa shape index (κ2) is 6.05. The molecular formula is C10H17NO. The Morgan fingerprint density at radius 3 is 2.83 bits per heavy atom. The van der Waals surface area contributed by atoms with Gasteiger partial charge in [-0.15, -0.1) is 12.3 Å². The Labute approximate surface area is 74.7 Å². The van der Waals surface area contributed by atoms with Crippen LogP contribution in [-0.2, 0) is 4.74 Å². The van der Waals surface area contributed by atoms with E-state index in [1.165, 1.54) is 12.8 Å². The van der Waals surface area contributed by atoms with Crippen LogP contribution in [0.4, 0.5) is 0 Å². The van der Waals surface area contributed by atoms with Crippen molar-refractivity contribution in [1.82, 2.24) is 5.32 Å². The summed E-state index contributed by atoms with van der Waals surface area (Å²) >= 11 is 0. The highest BCUT2D eigenvalue weighted by Crippen LogP contribution is 2.12. The van der Waals surface area contributed by atoms with Crippen LogP contribution in [0.2, 0.25) is 0 Å². The van der Waals surface area contributed by atoms with Gasteiger partial charge < -0.3 is 10.1 Å². The molecular weight excluding hydrogens is 150 g/mol. The first-order valence-corrected chi connectivity index (χ1v) is 4.65. The van der Waals surface area contributed by atoms with Crippen LogP contribution >= 0.6 is 0 Å². The molecule has 1 fully saturated rings. The topological polar surface area (TPSA) is 21.3 Å². The summed E-state index contributed by atoms with van der Waals surface area (Å²) < 4.78 is 5.27. The molecule has 0 saturated carbocycles. The Balaban J connectivity index is 1.95. The minimum Gasteiger partial charge on any atom is -0.381 e. The fourth-order valence-corrected chi connectivity index (χ4v) is 1.42. The van der Waals surface area contributed by atoms with Crippen LogP contribution in [-0.4, -0.2) is 26.3 Å². The SMILES string of the molecule is C#CCCNCC1CCOCC1. The first kappa shape index (κ1) is 9.57.